The van der Waals surface area contributed by atoms with Gasteiger partial charge in [0.1, 0.15) is 0 Å². The second kappa shape index (κ2) is 3.23. The fourth-order valence-corrected chi connectivity index (χ4v) is 5.46. The Labute approximate surface area is 87.1 Å². The molecule has 0 unspecified atom stereocenters. The monoisotopic (exact) mass is 308 g/mol. The van der Waals surface area contributed by atoms with Crippen molar-refractivity contribution >= 4 is 20.3 Å². The summed E-state index contributed by atoms with van der Waals surface area (Å²) in [4.78, 5) is -0.658. The third kappa shape index (κ3) is 2.35. The first-order valence-electron chi connectivity index (χ1n) is 4.00. The number of hydrogen-bond donors (Lipinski definition) is 0. The van der Waals surface area contributed by atoms with Crippen LogP contribution in [0.1, 0.15) is 5.56 Å². The Morgan fingerprint density at radius 2 is 1.47 bits per heavy atom. The molecule has 0 saturated heterocycles. The quantitative estimate of drug-likeness (QED) is 0.787. The van der Waals surface area contributed by atoms with Crippen molar-refractivity contribution in [3.63, 3.8) is 0 Å². The average Bonchev–Trinajstić information content (AvgIpc) is 2.01. The van der Waals surface area contributed by atoms with Crippen molar-refractivity contribution in [1.82, 2.24) is 0 Å². The van der Waals surface area contributed by atoms with Crippen molar-refractivity contribution in [2.75, 3.05) is 0 Å². The van der Waals surface area contributed by atoms with Crippen LogP contribution in [0.5, 0.6) is 0 Å². The summed E-state index contributed by atoms with van der Waals surface area (Å²) >= 11 is -7.69. The molecule has 0 N–H and O–H groups in total. The van der Waals surface area contributed by atoms with Crippen LogP contribution in [-0.2, 0) is 8.26 Å². The number of aryl methyl sites for hydroxylation is 1. The van der Waals surface area contributed by atoms with Crippen LogP contribution in [0.4, 0.5) is 10.7 Å². The molecule has 88 valence electrons. The van der Waals surface area contributed by atoms with Crippen LogP contribution in [0.2, 0.25) is 5.82 Å². The molecule has 1 aromatic carbocycles. The molecular weight excluding hydrogens is 296 g/mol. The standard InChI is InChI=1S/C8H11F3O2SSe/c1-7-3-5-8(6-4-7)14(12,13)15(2,9,10)11/h3-6,15H,1-2H3. The molecule has 1 aromatic rings. The number of halogens is 3. The zero-order valence-corrected chi connectivity index (χ0v) is 10.8. The third-order valence-corrected chi connectivity index (χ3v) is 11.5. The first-order valence-corrected chi connectivity index (χ1v) is 11.7. The zero-order valence-electron chi connectivity index (χ0n) is 8.12. The van der Waals surface area contributed by atoms with Gasteiger partial charge in [-0.05, 0) is 0 Å². The Kier molecular flexibility index (Phi) is 2.71. The number of benzene rings is 1. The van der Waals surface area contributed by atoms with Gasteiger partial charge in [0.25, 0.3) is 0 Å². The van der Waals surface area contributed by atoms with Crippen LogP contribution in [0.15, 0.2) is 29.2 Å². The van der Waals surface area contributed by atoms with Crippen LogP contribution >= 0.6 is 0 Å². The van der Waals surface area contributed by atoms with E-state index >= 15 is 0 Å². The summed E-state index contributed by atoms with van der Waals surface area (Å²) in [6, 6.07) is 4.69. The van der Waals surface area contributed by atoms with Crippen molar-refractivity contribution < 1.29 is 19.1 Å². The van der Waals surface area contributed by atoms with Gasteiger partial charge >= 0.3 is 86.8 Å². The van der Waals surface area contributed by atoms with E-state index in [1.54, 1.807) is 6.92 Å². The zero-order chi connectivity index (χ0) is 11.9. The van der Waals surface area contributed by atoms with Gasteiger partial charge < -0.3 is 0 Å². The van der Waals surface area contributed by atoms with E-state index in [0.717, 1.165) is 12.1 Å². The van der Waals surface area contributed by atoms with E-state index in [4.69, 9.17) is 0 Å². The fraction of sp³-hybridized carbons (Fsp3) is 0.250. The Morgan fingerprint density at radius 1 is 1.07 bits per heavy atom. The topological polar surface area (TPSA) is 34.1 Å². The molecule has 0 amide bonds. The van der Waals surface area contributed by atoms with Crippen LogP contribution in [0.3, 0.4) is 0 Å². The van der Waals surface area contributed by atoms with Gasteiger partial charge in [-0.25, -0.2) is 0 Å². The predicted molar refractivity (Wildman–Crippen MR) is 54.7 cm³/mol. The Morgan fingerprint density at radius 3 is 1.80 bits per heavy atom. The SMILES string of the molecule is Cc1ccc(S(=O)(=O)[SeH](C)(F)(F)F)cc1. The van der Waals surface area contributed by atoms with Crippen molar-refractivity contribution in [2.24, 2.45) is 0 Å². The van der Waals surface area contributed by atoms with Crippen molar-refractivity contribution in [3.8, 4) is 0 Å². The molecule has 0 aliphatic heterocycles. The molecule has 1 rings (SSSR count). The number of hydrogen-bond acceptors (Lipinski definition) is 2. The van der Waals surface area contributed by atoms with Crippen LogP contribution in [-0.4, -0.2) is 20.4 Å². The maximum atomic E-state index is 12.9. The molecule has 7 heteroatoms. The Hall–Kier alpha value is -0.521. The van der Waals surface area contributed by atoms with E-state index in [2.05, 4.69) is 0 Å². The van der Waals surface area contributed by atoms with Crippen molar-refractivity contribution in [2.45, 2.75) is 17.6 Å². The van der Waals surface area contributed by atoms with Gasteiger partial charge in [-0.3, -0.25) is 0 Å². The molecule has 0 bridgehead atoms. The molecule has 0 atom stereocenters. The Balaban J connectivity index is 3.38. The van der Waals surface area contributed by atoms with Crippen molar-refractivity contribution in [1.29, 1.82) is 0 Å². The van der Waals surface area contributed by atoms with E-state index in [1.807, 2.05) is 0 Å². The molecule has 0 spiro atoms. The summed E-state index contributed by atoms with van der Waals surface area (Å²) in [6.07, 6.45) is 0. The summed E-state index contributed by atoms with van der Waals surface area (Å²) in [5.74, 6) is -0.0895. The van der Waals surface area contributed by atoms with E-state index in [9.17, 15) is 19.1 Å². The van der Waals surface area contributed by atoms with E-state index in [1.165, 1.54) is 12.1 Å². The average molecular weight is 307 g/mol. The first-order chi connectivity index (χ1) is 6.51. The normalized spacial score (nSPS) is 15.7. The summed E-state index contributed by atoms with van der Waals surface area (Å²) in [5.41, 5.74) is 0.716. The van der Waals surface area contributed by atoms with Crippen molar-refractivity contribution in [3.05, 3.63) is 29.8 Å². The predicted octanol–water partition coefficient (Wildman–Crippen LogP) is 2.43. The molecule has 15 heavy (non-hydrogen) atoms. The summed E-state index contributed by atoms with van der Waals surface area (Å²) < 4.78 is 61.2. The van der Waals surface area contributed by atoms with E-state index in [0.29, 0.717) is 5.56 Å². The molecule has 0 heterocycles. The second-order valence-electron chi connectivity index (χ2n) is 3.38. The van der Waals surface area contributed by atoms with Gasteiger partial charge in [0.05, 0.1) is 0 Å². The van der Waals surface area contributed by atoms with Gasteiger partial charge in [-0.2, -0.15) is 0 Å². The third-order valence-electron chi connectivity index (χ3n) is 1.83. The minimum atomic E-state index is -7.69. The van der Waals surface area contributed by atoms with Crippen LogP contribution in [0.25, 0.3) is 0 Å². The van der Waals surface area contributed by atoms with Gasteiger partial charge in [0.2, 0.25) is 0 Å². The van der Waals surface area contributed by atoms with Gasteiger partial charge in [0, 0.05) is 0 Å². The second-order valence-corrected chi connectivity index (χ2v) is 16.4. The van der Waals surface area contributed by atoms with Gasteiger partial charge in [-0.15, -0.1) is 0 Å². The molecule has 2 nitrogen and oxygen atoms in total. The van der Waals surface area contributed by atoms with Gasteiger partial charge in [-0.1, -0.05) is 0 Å². The molecule has 0 saturated carbocycles. The molecule has 0 aliphatic carbocycles. The maximum absolute atomic E-state index is 12.9. The Bertz CT molecular complexity index is 464. The van der Waals surface area contributed by atoms with Crippen LogP contribution < -0.4 is 0 Å². The number of rotatable bonds is 2. The molecule has 0 radical (unpaired) electrons. The summed E-state index contributed by atoms with van der Waals surface area (Å²) in [5, 5.41) is 0. The van der Waals surface area contributed by atoms with E-state index in [-0.39, 0.29) is 5.82 Å². The molecule has 0 aromatic heterocycles. The molecule has 0 fully saturated rings. The van der Waals surface area contributed by atoms with Crippen LogP contribution in [0, 0.1) is 6.92 Å². The fourth-order valence-electron chi connectivity index (χ4n) is 0.935. The van der Waals surface area contributed by atoms with E-state index < -0.39 is 25.2 Å². The summed E-state index contributed by atoms with van der Waals surface area (Å²) in [7, 11) is -5.11. The van der Waals surface area contributed by atoms with Gasteiger partial charge in [0.15, 0.2) is 0 Å². The summed E-state index contributed by atoms with van der Waals surface area (Å²) in [6.45, 7) is 1.67. The first kappa shape index (κ1) is 12.5. The minimum absolute atomic E-state index is 0.0895. The molecular formula is C8H11F3O2SSe. The molecule has 0 aliphatic rings.